The topological polar surface area (TPSA) is 51.6 Å². The number of nitrogens with zero attached hydrogens (tertiary/aromatic N) is 4. The first-order chi connectivity index (χ1) is 13.8. The summed E-state index contributed by atoms with van der Waals surface area (Å²) in [5.74, 6) is 1.70. The van der Waals surface area contributed by atoms with Crippen molar-refractivity contribution in [3.05, 3.63) is 60.4 Å². The highest BCUT2D eigenvalue weighted by Crippen LogP contribution is 2.22. The highest BCUT2D eigenvalue weighted by Gasteiger charge is 2.05. The maximum absolute atomic E-state index is 4.54. The molecule has 0 unspecified atom stereocenters. The second kappa shape index (κ2) is 10.6. The molecule has 0 fully saturated rings. The zero-order chi connectivity index (χ0) is 19.6. The lowest BCUT2D eigenvalue weighted by atomic mass is 10.1. The van der Waals surface area contributed by atoms with Gasteiger partial charge in [-0.15, -0.1) is 0 Å². The van der Waals surface area contributed by atoms with Gasteiger partial charge in [-0.2, -0.15) is 0 Å². The van der Waals surface area contributed by atoms with Gasteiger partial charge in [-0.1, -0.05) is 63.8 Å². The molecule has 0 amide bonds. The number of aryl methyl sites for hydroxylation is 2. The molecule has 28 heavy (non-hydrogen) atoms. The third-order valence-electron chi connectivity index (χ3n) is 4.96. The molecule has 4 heteroatoms. The maximum Gasteiger partial charge on any atom is 0.159 e. The zero-order valence-electron chi connectivity index (χ0n) is 17.1. The van der Waals surface area contributed by atoms with Gasteiger partial charge in [0.1, 0.15) is 5.82 Å². The van der Waals surface area contributed by atoms with E-state index < -0.39 is 0 Å². The van der Waals surface area contributed by atoms with Crippen LogP contribution in [0.5, 0.6) is 0 Å². The first-order valence-corrected chi connectivity index (χ1v) is 10.5. The average Bonchev–Trinajstić information content (AvgIpc) is 2.75. The van der Waals surface area contributed by atoms with E-state index in [9.17, 15) is 0 Å². The Hall–Kier alpha value is -2.62. The van der Waals surface area contributed by atoms with E-state index in [0.717, 1.165) is 47.6 Å². The molecule has 0 spiro atoms. The Morgan fingerprint density at radius 1 is 0.571 bits per heavy atom. The molecule has 0 atom stereocenters. The largest absolute Gasteiger partial charge is 0.241 e. The standard InChI is InChI=1S/C24H30N4/c1-3-5-7-9-19-15-27-24(28-16-19)21-13-11-20(12-14-21)22-17-25-23(26-18-22)10-8-6-4-2/h11-18H,3-10H2,1-2H3. The van der Waals surface area contributed by atoms with Crippen LogP contribution in [-0.4, -0.2) is 19.9 Å². The van der Waals surface area contributed by atoms with Crippen LogP contribution in [-0.2, 0) is 12.8 Å². The number of hydrogen-bond acceptors (Lipinski definition) is 4. The highest BCUT2D eigenvalue weighted by molar-refractivity contribution is 5.66. The van der Waals surface area contributed by atoms with Gasteiger partial charge in [0, 0.05) is 42.3 Å². The van der Waals surface area contributed by atoms with Gasteiger partial charge in [-0.05, 0) is 30.4 Å². The minimum atomic E-state index is 0.772. The van der Waals surface area contributed by atoms with E-state index in [4.69, 9.17) is 0 Å². The third kappa shape index (κ3) is 5.69. The van der Waals surface area contributed by atoms with Gasteiger partial charge in [0.05, 0.1) is 0 Å². The lowest BCUT2D eigenvalue weighted by Crippen LogP contribution is -1.95. The van der Waals surface area contributed by atoms with Crippen LogP contribution >= 0.6 is 0 Å². The molecule has 3 aromatic rings. The summed E-state index contributed by atoms with van der Waals surface area (Å²) in [4.78, 5) is 18.1. The summed E-state index contributed by atoms with van der Waals surface area (Å²) in [7, 11) is 0. The van der Waals surface area contributed by atoms with Crippen molar-refractivity contribution in [3.8, 4) is 22.5 Å². The molecule has 0 N–H and O–H groups in total. The van der Waals surface area contributed by atoms with Crippen molar-refractivity contribution in [3.63, 3.8) is 0 Å². The van der Waals surface area contributed by atoms with Gasteiger partial charge in [0.2, 0.25) is 0 Å². The van der Waals surface area contributed by atoms with Crippen molar-refractivity contribution in [2.75, 3.05) is 0 Å². The second-order valence-corrected chi connectivity index (χ2v) is 7.29. The van der Waals surface area contributed by atoms with Crippen LogP contribution in [0.25, 0.3) is 22.5 Å². The van der Waals surface area contributed by atoms with Crippen molar-refractivity contribution < 1.29 is 0 Å². The monoisotopic (exact) mass is 374 g/mol. The lowest BCUT2D eigenvalue weighted by molar-refractivity contribution is 0.693. The molecule has 2 aromatic heterocycles. The van der Waals surface area contributed by atoms with Crippen molar-refractivity contribution in [2.45, 2.75) is 65.2 Å². The van der Waals surface area contributed by atoms with Gasteiger partial charge < -0.3 is 0 Å². The van der Waals surface area contributed by atoms with Crippen molar-refractivity contribution >= 4 is 0 Å². The second-order valence-electron chi connectivity index (χ2n) is 7.29. The fraction of sp³-hybridized carbons (Fsp3) is 0.417. The number of aromatic nitrogens is 4. The Kier molecular flexibility index (Phi) is 7.65. The molecule has 146 valence electrons. The van der Waals surface area contributed by atoms with Gasteiger partial charge in [-0.25, -0.2) is 19.9 Å². The van der Waals surface area contributed by atoms with Crippen LogP contribution in [0.3, 0.4) is 0 Å². The molecule has 3 rings (SSSR count). The molecule has 0 saturated heterocycles. The minimum absolute atomic E-state index is 0.772. The average molecular weight is 375 g/mol. The Bertz CT molecular complexity index is 751. The highest BCUT2D eigenvalue weighted by atomic mass is 14.9. The van der Waals surface area contributed by atoms with Gasteiger partial charge in [0.25, 0.3) is 0 Å². The fourth-order valence-corrected chi connectivity index (χ4v) is 3.19. The normalized spacial score (nSPS) is 10.9. The maximum atomic E-state index is 4.54. The van der Waals surface area contributed by atoms with Crippen molar-refractivity contribution in [1.29, 1.82) is 0 Å². The Labute approximate surface area is 168 Å². The minimum Gasteiger partial charge on any atom is -0.241 e. The first kappa shape index (κ1) is 20.1. The van der Waals surface area contributed by atoms with Crippen molar-refractivity contribution in [1.82, 2.24) is 19.9 Å². The summed E-state index contributed by atoms with van der Waals surface area (Å²) >= 11 is 0. The fourth-order valence-electron chi connectivity index (χ4n) is 3.19. The molecule has 0 aliphatic carbocycles. The third-order valence-corrected chi connectivity index (χ3v) is 4.96. The lowest BCUT2D eigenvalue weighted by Gasteiger charge is -2.06. The van der Waals surface area contributed by atoms with Crippen LogP contribution in [0.2, 0.25) is 0 Å². The molecule has 0 bridgehead atoms. The number of hydrogen-bond donors (Lipinski definition) is 0. The molecule has 0 saturated carbocycles. The Morgan fingerprint density at radius 2 is 1.14 bits per heavy atom. The number of unbranched alkanes of at least 4 members (excludes halogenated alkanes) is 4. The summed E-state index contributed by atoms with van der Waals surface area (Å²) in [6.07, 6.45) is 17.1. The molecule has 0 radical (unpaired) electrons. The molecule has 4 nitrogen and oxygen atoms in total. The van der Waals surface area contributed by atoms with Crippen LogP contribution in [0.1, 0.15) is 63.8 Å². The SMILES string of the molecule is CCCCCc1cnc(-c2ccc(-c3cnc(CCCCC)nc3)cc2)nc1. The molecule has 0 aliphatic rings. The Morgan fingerprint density at radius 3 is 1.75 bits per heavy atom. The summed E-state index contributed by atoms with van der Waals surface area (Å²) < 4.78 is 0. The molecule has 2 heterocycles. The predicted octanol–water partition coefficient (Wildman–Crippen LogP) is 6.07. The molecular formula is C24H30N4. The quantitative estimate of drug-likeness (QED) is 0.404. The van der Waals surface area contributed by atoms with E-state index in [1.165, 1.54) is 37.7 Å². The summed E-state index contributed by atoms with van der Waals surface area (Å²) in [5.41, 5.74) is 4.39. The van der Waals surface area contributed by atoms with Gasteiger partial charge >= 0.3 is 0 Å². The zero-order valence-corrected chi connectivity index (χ0v) is 17.1. The summed E-state index contributed by atoms with van der Waals surface area (Å²) in [5, 5.41) is 0. The van der Waals surface area contributed by atoms with Crippen LogP contribution in [0, 0.1) is 0 Å². The molecule has 0 aliphatic heterocycles. The smallest absolute Gasteiger partial charge is 0.159 e. The van der Waals surface area contributed by atoms with Crippen LogP contribution in [0.4, 0.5) is 0 Å². The van der Waals surface area contributed by atoms with Crippen LogP contribution in [0.15, 0.2) is 49.1 Å². The van der Waals surface area contributed by atoms with E-state index in [0.29, 0.717) is 0 Å². The van der Waals surface area contributed by atoms with Crippen LogP contribution < -0.4 is 0 Å². The first-order valence-electron chi connectivity index (χ1n) is 10.5. The number of benzene rings is 1. The predicted molar refractivity (Wildman–Crippen MR) is 115 cm³/mol. The summed E-state index contributed by atoms with van der Waals surface area (Å²) in [6.45, 7) is 4.43. The van der Waals surface area contributed by atoms with E-state index in [-0.39, 0.29) is 0 Å². The van der Waals surface area contributed by atoms with Crippen molar-refractivity contribution in [2.24, 2.45) is 0 Å². The summed E-state index contributed by atoms with van der Waals surface area (Å²) in [6, 6.07) is 8.31. The van der Waals surface area contributed by atoms with E-state index in [1.54, 1.807) is 0 Å². The van der Waals surface area contributed by atoms with E-state index in [1.807, 2.05) is 24.8 Å². The number of rotatable bonds is 10. The molecule has 1 aromatic carbocycles. The van der Waals surface area contributed by atoms with Gasteiger partial charge in [0.15, 0.2) is 5.82 Å². The molecular weight excluding hydrogens is 344 g/mol. The van der Waals surface area contributed by atoms with E-state index in [2.05, 4.69) is 58.0 Å². The Balaban J connectivity index is 1.63. The van der Waals surface area contributed by atoms with E-state index >= 15 is 0 Å². The van der Waals surface area contributed by atoms with Gasteiger partial charge in [-0.3, -0.25) is 0 Å².